The molecule has 1 saturated carbocycles. The number of halogens is 5. The van der Waals surface area contributed by atoms with Gasteiger partial charge in [-0.3, -0.25) is 4.79 Å². The molecule has 0 heterocycles. The van der Waals surface area contributed by atoms with Gasteiger partial charge in [0, 0.05) is 6.42 Å². The molecule has 0 saturated heterocycles. The van der Waals surface area contributed by atoms with E-state index in [-0.39, 0.29) is 0 Å². The lowest BCUT2D eigenvalue weighted by molar-refractivity contribution is -0.239. The topological polar surface area (TPSA) is 17.1 Å². The molecule has 1 fully saturated rings. The van der Waals surface area contributed by atoms with E-state index < -0.39 is 28.1 Å². The van der Waals surface area contributed by atoms with E-state index in [4.69, 9.17) is 23.2 Å². The molecule has 6 heteroatoms. The van der Waals surface area contributed by atoms with Gasteiger partial charge >= 0.3 is 0 Å². The van der Waals surface area contributed by atoms with Crippen molar-refractivity contribution in [3.8, 4) is 0 Å². The van der Waals surface area contributed by atoms with Crippen LogP contribution in [-0.2, 0) is 4.79 Å². The molecular formula is C6H5Cl2F3O. The molecule has 0 radical (unpaired) electrons. The van der Waals surface area contributed by atoms with Crippen molar-refractivity contribution in [3.05, 3.63) is 0 Å². The monoisotopic (exact) mass is 220 g/mol. The van der Waals surface area contributed by atoms with Gasteiger partial charge in [0.2, 0.25) is 5.24 Å². The van der Waals surface area contributed by atoms with E-state index in [2.05, 4.69) is 0 Å². The van der Waals surface area contributed by atoms with Crippen molar-refractivity contribution in [1.29, 1.82) is 0 Å². The van der Waals surface area contributed by atoms with Crippen molar-refractivity contribution < 1.29 is 18.0 Å². The Bertz CT molecular complexity index is 241. The second-order valence-electron chi connectivity index (χ2n) is 3.06. The van der Waals surface area contributed by atoms with Gasteiger partial charge in [-0.25, -0.2) is 13.2 Å². The van der Waals surface area contributed by atoms with Crippen LogP contribution in [-0.4, -0.2) is 16.3 Å². The second-order valence-corrected chi connectivity index (χ2v) is 3.93. The molecule has 12 heavy (non-hydrogen) atoms. The van der Waals surface area contributed by atoms with Crippen molar-refractivity contribution in [2.45, 2.75) is 24.4 Å². The van der Waals surface area contributed by atoms with Crippen LogP contribution in [0.15, 0.2) is 0 Å². The Morgan fingerprint density at radius 3 is 1.92 bits per heavy atom. The van der Waals surface area contributed by atoms with Gasteiger partial charge < -0.3 is 0 Å². The lowest BCUT2D eigenvalue weighted by Gasteiger charge is -2.51. The summed E-state index contributed by atoms with van der Waals surface area (Å²) in [5.41, 5.74) is -1.97. The van der Waals surface area contributed by atoms with Crippen molar-refractivity contribution in [2.24, 2.45) is 5.41 Å². The summed E-state index contributed by atoms with van der Waals surface area (Å²) >= 11 is 9.81. The molecule has 1 nitrogen and oxygen atoms in total. The minimum absolute atomic E-state index is 0.942. The molecule has 0 aromatic heterocycles. The Hall–Kier alpha value is 0.0400. The van der Waals surface area contributed by atoms with Crippen molar-refractivity contribution in [3.63, 3.8) is 0 Å². The Labute approximate surface area is 76.8 Å². The van der Waals surface area contributed by atoms with Gasteiger partial charge in [0.05, 0.1) is 0 Å². The number of alkyl halides is 4. The first kappa shape index (κ1) is 10.1. The third kappa shape index (κ3) is 0.909. The summed E-state index contributed by atoms with van der Waals surface area (Å²) in [5, 5.41) is -4.52. The zero-order valence-corrected chi connectivity index (χ0v) is 7.52. The van der Waals surface area contributed by atoms with Gasteiger partial charge in [-0.1, -0.05) is 11.6 Å². The van der Waals surface area contributed by atoms with Gasteiger partial charge in [-0.05, 0) is 18.5 Å². The summed E-state index contributed by atoms with van der Waals surface area (Å²) in [7, 11) is 0. The van der Waals surface area contributed by atoms with Crippen LogP contribution in [0.3, 0.4) is 0 Å². The summed E-state index contributed by atoms with van der Waals surface area (Å²) in [5.74, 6) is -3.67. The molecule has 1 aliphatic rings. The summed E-state index contributed by atoms with van der Waals surface area (Å²) in [6.45, 7) is 0.979. The number of carbonyl (C=O) groups is 1. The van der Waals surface area contributed by atoms with Crippen LogP contribution >= 0.6 is 23.2 Å². The van der Waals surface area contributed by atoms with Crippen LogP contribution in [0.25, 0.3) is 0 Å². The molecule has 0 aliphatic heterocycles. The summed E-state index contributed by atoms with van der Waals surface area (Å²) in [4.78, 5) is 10.6. The van der Waals surface area contributed by atoms with E-state index in [0.717, 1.165) is 6.92 Å². The molecule has 0 N–H and O–H groups in total. The predicted octanol–water partition coefficient (Wildman–Crippen LogP) is 2.70. The minimum Gasteiger partial charge on any atom is -0.281 e. The summed E-state index contributed by atoms with van der Waals surface area (Å²) in [6.07, 6.45) is -0.942. The average Bonchev–Trinajstić information content (AvgIpc) is 1.85. The van der Waals surface area contributed by atoms with Crippen LogP contribution < -0.4 is 0 Å². The minimum atomic E-state index is -3.67. The Morgan fingerprint density at radius 2 is 1.83 bits per heavy atom. The third-order valence-electron chi connectivity index (χ3n) is 2.16. The smallest absolute Gasteiger partial charge is 0.281 e. The predicted molar refractivity (Wildman–Crippen MR) is 38.2 cm³/mol. The Balaban J connectivity index is 2.99. The Morgan fingerprint density at radius 1 is 1.42 bits per heavy atom. The van der Waals surface area contributed by atoms with Crippen molar-refractivity contribution >= 4 is 28.4 Å². The first-order chi connectivity index (χ1) is 5.15. The Kier molecular flexibility index (Phi) is 1.93. The van der Waals surface area contributed by atoms with Gasteiger partial charge in [-0.2, -0.15) is 0 Å². The van der Waals surface area contributed by atoms with E-state index in [1.54, 1.807) is 0 Å². The van der Waals surface area contributed by atoms with Gasteiger partial charge in [-0.15, -0.1) is 0 Å². The van der Waals surface area contributed by atoms with E-state index in [0.29, 0.717) is 0 Å². The van der Waals surface area contributed by atoms with Crippen LogP contribution in [0.4, 0.5) is 13.2 Å². The molecule has 1 rings (SSSR count). The van der Waals surface area contributed by atoms with Crippen molar-refractivity contribution in [1.82, 2.24) is 0 Å². The van der Waals surface area contributed by atoms with E-state index in [9.17, 15) is 18.0 Å². The fraction of sp³-hybridized carbons (Fsp3) is 0.833. The average molecular weight is 221 g/mol. The quantitative estimate of drug-likeness (QED) is 0.491. The lowest BCUT2D eigenvalue weighted by atomic mass is 9.66. The highest BCUT2D eigenvalue weighted by atomic mass is 35.5. The molecule has 2 atom stereocenters. The van der Waals surface area contributed by atoms with Crippen LogP contribution in [0, 0.1) is 5.41 Å². The molecule has 2 unspecified atom stereocenters. The van der Waals surface area contributed by atoms with E-state index >= 15 is 0 Å². The van der Waals surface area contributed by atoms with Crippen LogP contribution in [0.1, 0.15) is 13.3 Å². The number of hydrogen-bond donors (Lipinski definition) is 0. The number of rotatable bonds is 1. The third-order valence-corrected chi connectivity index (χ3v) is 3.27. The van der Waals surface area contributed by atoms with Crippen molar-refractivity contribution in [2.75, 3.05) is 0 Å². The van der Waals surface area contributed by atoms with Crippen LogP contribution in [0.2, 0.25) is 0 Å². The summed E-state index contributed by atoms with van der Waals surface area (Å²) < 4.78 is 37.9. The highest BCUT2D eigenvalue weighted by Crippen LogP contribution is 2.65. The SMILES string of the molecule is CC1(C(=O)Cl)CC(F)(F)C1(F)Cl. The standard InChI is InChI=1S/C6H5Cl2F3O/c1-4(3(7)12)2-5(9,10)6(4,8)11/h2H2,1H3. The second kappa shape index (κ2) is 2.29. The largest absolute Gasteiger partial charge is 0.297 e. The highest BCUT2D eigenvalue weighted by molar-refractivity contribution is 6.65. The molecule has 0 aromatic carbocycles. The molecule has 0 spiro atoms. The van der Waals surface area contributed by atoms with Gasteiger partial charge in [0.15, 0.2) is 0 Å². The number of carbonyl (C=O) groups excluding carboxylic acids is 1. The molecule has 1 aliphatic carbocycles. The van der Waals surface area contributed by atoms with E-state index in [1.165, 1.54) is 0 Å². The van der Waals surface area contributed by atoms with Crippen LogP contribution in [0.5, 0.6) is 0 Å². The maximum absolute atomic E-state index is 13.0. The van der Waals surface area contributed by atoms with Gasteiger partial charge in [0.25, 0.3) is 11.1 Å². The zero-order valence-electron chi connectivity index (χ0n) is 6.01. The number of hydrogen-bond acceptors (Lipinski definition) is 1. The first-order valence-corrected chi connectivity index (χ1v) is 3.86. The normalized spacial score (nSPS) is 45.2. The molecule has 70 valence electrons. The fourth-order valence-electron chi connectivity index (χ4n) is 1.16. The molecule has 0 bridgehead atoms. The first-order valence-electron chi connectivity index (χ1n) is 3.11. The maximum atomic E-state index is 13.0. The molecule has 0 aromatic rings. The molecule has 0 amide bonds. The fourth-order valence-corrected chi connectivity index (χ4v) is 1.62. The van der Waals surface area contributed by atoms with E-state index in [1.807, 2.05) is 0 Å². The summed E-state index contributed by atoms with van der Waals surface area (Å²) in [6, 6.07) is 0. The highest BCUT2D eigenvalue weighted by Gasteiger charge is 2.78. The maximum Gasteiger partial charge on any atom is 0.297 e. The lowest BCUT2D eigenvalue weighted by Crippen LogP contribution is -2.67. The molecular weight excluding hydrogens is 216 g/mol. The van der Waals surface area contributed by atoms with Gasteiger partial charge in [0.1, 0.15) is 5.41 Å². The zero-order chi connectivity index (χ0) is 9.78.